The summed E-state index contributed by atoms with van der Waals surface area (Å²) in [5.74, 6) is -0.998. The number of aliphatic hydroxyl groups is 2. The van der Waals surface area contributed by atoms with Gasteiger partial charge in [-0.1, -0.05) is 19.4 Å². The van der Waals surface area contributed by atoms with Crippen molar-refractivity contribution >= 4 is 23.8 Å². The molecule has 0 radical (unpaired) electrons. The van der Waals surface area contributed by atoms with Gasteiger partial charge in [0.1, 0.15) is 17.2 Å². The third-order valence-corrected chi connectivity index (χ3v) is 10.4. The van der Waals surface area contributed by atoms with Crippen molar-refractivity contribution in [1.82, 2.24) is 9.78 Å². The van der Waals surface area contributed by atoms with Crippen LogP contribution >= 0.6 is 12.6 Å². The van der Waals surface area contributed by atoms with Crippen molar-refractivity contribution in [2.45, 2.75) is 64.1 Å². The standard InChI is InChI=1S/C27H30F2N2O3S/c1-25-11-14-13-30-31(18-9-16(28)8-17(29)10-18)21(14)7-15(25)3-4-19-20-5-6-27(34,24(33)35)26(20,2)12-22(32)23(19)25/h7-10,13,19-20,22-23,32,34H,3-6,11-12H2,1-2H3,(H,33,35)/t19-,20-,22-,23+,25-,26-,27-/m0/s1. The Bertz CT molecular complexity index is 1260. The van der Waals surface area contributed by atoms with Gasteiger partial charge in [-0.3, -0.25) is 4.79 Å². The van der Waals surface area contributed by atoms with E-state index in [-0.39, 0.29) is 23.2 Å². The second-order valence-corrected chi connectivity index (χ2v) is 12.0. The molecule has 4 aliphatic rings. The van der Waals surface area contributed by atoms with Gasteiger partial charge < -0.3 is 10.2 Å². The molecule has 0 bridgehead atoms. The zero-order valence-electron chi connectivity index (χ0n) is 19.8. The Labute approximate surface area is 208 Å². The quantitative estimate of drug-likeness (QED) is 0.531. The Morgan fingerprint density at radius 3 is 2.60 bits per heavy atom. The maximum absolute atomic E-state index is 13.9. The van der Waals surface area contributed by atoms with Gasteiger partial charge in [0.2, 0.25) is 5.12 Å². The Morgan fingerprint density at radius 2 is 1.91 bits per heavy atom. The van der Waals surface area contributed by atoms with Crippen LogP contribution in [0.1, 0.15) is 57.2 Å². The molecule has 35 heavy (non-hydrogen) atoms. The van der Waals surface area contributed by atoms with Crippen molar-refractivity contribution in [2.24, 2.45) is 28.6 Å². The van der Waals surface area contributed by atoms with E-state index < -0.39 is 33.9 Å². The fourth-order valence-corrected chi connectivity index (χ4v) is 8.78. The molecule has 8 heteroatoms. The van der Waals surface area contributed by atoms with Crippen molar-refractivity contribution < 1.29 is 23.8 Å². The maximum atomic E-state index is 13.9. The van der Waals surface area contributed by atoms with Gasteiger partial charge in [0, 0.05) is 11.5 Å². The molecule has 186 valence electrons. The van der Waals surface area contributed by atoms with Crippen molar-refractivity contribution in [3.63, 3.8) is 0 Å². The molecular formula is C27H30F2N2O3S. The van der Waals surface area contributed by atoms with Crippen molar-refractivity contribution in [3.8, 4) is 5.69 Å². The van der Waals surface area contributed by atoms with Gasteiger partial charge in [0.25, 0.3) is 0 Å². The SMILES string of the molecule is C[C@]12Cc3cnn(-c4cc(F)cc(F)c4)c3C=C1CC[C@@H]1[C@@H]2[C@@H](O)C[C@@]2(C)[C@H]1CC[C@]2(O)C(=O)S. The van der Waals surface area contributed by atoms with E-state index in [4.69, 9.17) is 0 Å². The van der Waals surface area contributed by atoms with Crippen LogP contribution in [0.15, 0.2) is 30.0 Å². The molecule has 2 aromatic rings. The smallest absolute Gasteiger partial charge is 0.218 e. The summed E-state index contributed by atoms with van der Waals surface area (Å²) >= 11 is 4.03. The molecule has 3 saturated carbocycles. The summed E-state index contributed by atoms with van der Waals surface area (Å²) in [4.78, 5) is 12.4. The third-order valence-electron chi connectivity index (χ3n) is 10.0. The molecule has 6 rings (SSSR count). The van der Waals surface area contributed by atoms with Gasteiger partial charge in [0.05, 0.1) is 23.7 Å². The fraction of sp³-hybridized carbons (Fsp3) is 0.556. The number of aromatic nitrogens is 2. The predicted octanol–water partition coefficient (Wildman–Crippen LogP) is 4.49. The number of hydrogen-bond acceptors (Lipinski definition) is 4. The van der Waals surface area contributed by atoms with E-state index in [2.05, 4.69) is 30.7 Å². The highest BCUT2D eigenvalue weighted by atomic mass is 32.1. The molecule has 7 atom stereocenters. The number of hydrogen-bond donors (Lipinski definition) is 3. The minimum atomic E-state index is -1.51. The Kier molecular flexibility index (Phi) is 5.00. The second-order valence-electron chi connectivity index (χ2n) is 11.6. The van der Waals surface area contributed by atoms with E-state index in [0.29, 0.717) is 24.9 Å². The van der Waals surface area contributed by atoms with Gasteiger partial charge in [-0.2, -0.15) is 5.10 Å². The van der Waals surface area contributed by atoms with E-state index in [0.717, 1.165) is 36.6 Å². The summed E-state index contributed by atoms with van der Waals surface area (Å²) < 4.78 is 29.4. The van der Waals surface area contributed by atoms with Crippen molar-refractivity contribution in [1.29, 1.82) is 0 Å². The molecule has 0 spiro atoms. The molecule has 0 amide bonds. The first-order valence-corrected chi connectivity index (χ1v) is 12.8. The molecule has 2 N–H and O–H groups in total. The molecule has 0 unspecified atom stereocenters. The average molecular weight is 501 g/mol. The minimum Gasteiger partial charge on any atom is -0.393 e. The van der Waals surface area contributed by atoms with Crippen LogP contribution in [0.4, 0.5) is 8.78 Å². The van der Waals surface area contributed by atoms with Gasteiger partial charge in [-0.05, 0) is 85.5 Å². The monoisotopic (exact) mass is 500 g/mol. The number of aliphatic hydroxyl groups excluding tert-OH is 1. The molecule has 1 aromatic heterocycles. The van der Waals surface area contributed by atoms with E-state index in [9.17, 15) is 23.8 Å². The third kappa shape index (κ3) is 3.05. The number of allylic oxidation sites excluding steroid dienone is 1. The molecule has 0 saturated heterocycles. The van der Waals surface area contributed by atoms with Gasteiger partial charge in [-0.25, -0.2) is 13.5 Å². The molecule has 1 aromatic carbocycles. The Balaban J connectivity index is 1.39. The number of thiol groups is 1. The van der Waals surface area contributed by atoms with E-state index in [1.165, 1.54) is 17.7 Å². The van der Waals surface area contributed by atoms with Gasteiger partial charge >= 0.3 is 0 Å². The summed E-state index contributed by atoms with van der Waals surface area (Å²) in [7, 11) is 0. The summed E-state index contributed by atoms with van der Waals surface area (Å²) in [6.07, 6.45) is 7.03. The number of nitrogens with zero attached hydrogens (tertiary/aromatic N) is 2. The Morgan fingerprint density at radius 1 is 1.20 bits per heavy atom. The lowest BCUT2D eigenvalue weighted by molar-refractivity contribution is -0.173. The molecule has 5 nitrogen and oxygen atoms in total. The molecule has 1 heterocycles. The van der Waals surface area contributed by atoms with E-state index in [1.807, 2.05) is 6.92 Å². The first-order valence-electron chi connectivity index (χ1n) is 12.4. The van der Waals surface area contributed by atoms with Crippen LogP contribution in [0.3, 0.4) is 0 Å². The summed E-state index contributed by atoms with van der Waals surface area (Å²) in [6, 6.07) is 3.39. The van der Waals surface area contributed by atoms with Crippen molar-refractivity contribution in [2.75, 3.05) is 0 Å². The zero-order valence-corrected chi connectivity index (χ0v) is 20.7. The number of carbonyl (C=O) groups is 1. The Hall–Kier alpha value is -2.03. The molecule has 4 aliphatic carbocycles. The van der Waals surface area contributed by atoms with Crippen LogP contribution < -0.4 is 0 Å². The van der Waals surface area contributed by atoms with E-state index >= 15 is 0 Å². The number of fused-ring (bicyclic) bond motifs is 6. The van der Waals surface area contributed by atoms with Crippen molar-refractivity contribution in [3.05, 3.63) is 52.9 Å². The number of carbonyl (C=O) groups excluding carboxylic acids is 1. The molecule has 3 fully saturated rings. The second kappa shape index (κ2) is 7.49. The van der Waals surface area contributed by atoms with Crippen LogP contribution in [-0.2, 0) is 11.2 Å². The minimum absolute atomic E-state index is 0.0129. The summed E-state index contributed by atoms with van der Waals surface area (Å²) in [5.41, 5.74) is 0.853. The number of rotatable bonds is 2. The topological polar surface area (TPSA) is 75.3 Å². The zero-order chi connectivity index (χ0) is 24.9. The normalized spacial score (nSPS) is 39.8. The van der Waals surface area contributed by atoms with Crippen LogP contribution in [0.25, 0.3) is 11.8 Å². The number of benzene rings is 1. The largest absolute Gasteiger partial charge is 0.393 e. The first kappa shape index (κ1) is 23.4. The summed E-state index contributed by atoms with van der Waals surface area (Å²) in [6.45, 7) is 4.15. The van der Waals surface area contributed by atoms with Crippen LogP contribution in [0.2, 0.25) is 0 Å². The highest BCUT2D eigenvalue weighted by molar-refractivity contribution is 7.96. The lowest BCUT2D eigenvalue weighted by Gasteiger charge is -2.60. The van der Waals surface area contributed by atoms with E-state index in [1.54, 1.807) is 10.9 Å². The van der Waals surface area contributed by atoms with Crippen LogP contribution in [0, 0.1) is 40.2 Å². The van der Waals surface area contributed by atoms with Gasteiger partial charge in [0.15, 0.2) is 0 Å². The average Bonchev–Trinajstić information content (AvgIpc) is 3.29. The maximum Gasteiger partial charge on any atom is 0.218 e. The lowest BCUT2D eigenvalue weighted by atomic mass is 9.45. The highest BCUT2D eigenvalue weighted by Gasteiger charge is 2.68. The first-order chi connectivity index (χ1) is 16.5. The number of halogens is 2. The fourth-order valence-electron chi connectivity index (χ4n) is 8.41. The van der Waals surface area contributed by atoms with Crippen LogP contribution in [-0.4, -0.2) is 36.8 Å². The predicted molar refractivity (Wildman–Crippen MR) is 130 cm³/mol. The van der Waals surface area contributed by atoms with Gasteiger partial charge in [-0.15, -0.1) is 12.6 Å². The molecule has 0 aliphatic heterocycles. The highest BCUT2D eigenvalue weighted by Crippen LogP contribution is 2.67. The molecular weight excluding hydrogens is 470 g/mol. The summed E-state index contributed by atoms with van der Waals surface area (Å²) in [5, 5.41) is 26.8. The van der Waals surface area contributed by atoms with Crippen LogP contribution in [0.5, 0.6) is 0 Å². The lowest BCUT2D eigenvalue weighted by Crippen LogP contribution is -2.61.